The summed E-state index contributed by atoms with van der Waals surface area (Å²) in [7, 11) is 0. The van der Waals surface area contributed by atoms with Crippen molar-refractivity contribution in [3.63, 3.8) is 0 Å². The minimum absolute atomic E-state index is 0.0261. The van der Waals surface area contributed by atoms with Gasteiger partial charge in [-0.1, -0.05) is 0 Å². The van der Waals surface area contributed by atoms with E-state index in [1.54, 1.807) is 9.80 Å². The fraction of sp³-hybridized carbons (Fsp3) is 0.867. The van der Waals surface area contributed by atoms with Crippen molar-refractivity contribution in [3.05, 3.63) is 0 Å². The van der Waals surface area contributed by atoms with E-state index < -0.39 is 5.60 Å². The van der Waals surface area contributed by atoms with Crippen molar-refractivity contribution in [2.24, 2.45) is 5.73 Å². The van der Waals surface area contributed by atoms with Crippen molar-refractivity contribution in [3.8, 4) is 0 Å². The Bertz CT molecular complexity index is 369. The van der Waals surface area contributed by atoms with Gasteiger partial charge in [0.15, 0.2) is 0 Å². The van der Waals surface area contributed by atoms with E-state index in [0.29, 0.717) is 13.1 Å². The molecule has 6 nitrogen and oxygen atoms in total. The van der Waals surface area contributed by atoms with Gasteiger partial charge in [-0.15, -0.1) is 0 Å². The molecule has 0 saturated carbocycles. The van der Waals surface area contributed by atoms with E-state index in [4.69, 9.17) is 10.5 Å². The third-order valence-corrected chi connectivity index (χ3v) is 3.55. The van der Waals surface area contributed by atoms with Crippen LogP contribution in [0.25, 0.3) is 0 Å². The second kappa shape index (κ2) is 7.11. The van der Waals surface area contributed by atoms with E-state index in [1.807, 2.05) is 34.6 Å². The molecule has 0 aromatic heterocycles. The van der Waals surface area contributed by atoms with E-state index in [-0.39, 0.29) is 30.6 Å². The smallest absolute Gasteiger partial charge is 0.410 e. The maximum Gasteiger partial charge on any atom is 0.410 e. The predicted molar refractivity (Wildman–Crippen MR) is 81.9 cm³/mol. The molecule has 1 heterocycles. The van der Waals surface area contributed by atoms with Crippen molar-refractivity contribution in [2.75, 3.05) is 19.6 Å². The molecular weight excluding hydrogens is 270 g/mol. The number of ether oxygens (including phenoxy) is 1. The molecule has 0 radical (unpaired) electrons. The average Bonchev–Trinajstić information content (AvgIpc) is 2.36. The summed E-state index contributed by atoms with van der Waals surface area (Å²) in [5.41, 5.74) is 4.89. The zero-order valence-corrected chi connectivity index (χ0v) is 13.9. The average molecular weight is 299 g/mol. The Morgan fingerprint density at radius 1 is 1.29 bits per heavy atom. The molecule has 0 atom stereocenters. The number of piperidine rings is 1. The normalized spacial score (nSPS) is 17.0. The molecule has 1 aliphatic rings. The van der Waals surface area contributed by atoms with Gasteiger partial charge in [-0.2, -0.15) is 0 Å². The number of carbonyl (C=O) groups is 2. The summed E-state index contributed by atoms with van der Waals surface area (Å²) in [6, 6.07) is 0.184. The highest BCUT2D eigenvalue weighted by Gasteiger charge is 2.33. The fourth-order valence-corrected chi connectivity index (χ4v) is 2.62. The molecule has 0 aromatic carbocycles. The van der Waals surface area contributed by atoms with Gasteiger partial charge in [0.1, 0.15) is 5.60 Å². The summed E-state index contributed by atoms with van der Waals surface area (Å²) in [6.45, 7) is 10.9. The first-order valence-corrected chi connectivity index (χ1v) is 7.65. The van der Waals surface area contributed by atoms with Gasteiger partial charge in [-0.3, -0.25) is 4.79 Å². The zero-order chi connectivity index (χ0) is 16.2. The molecule has 1 rings (SSSR count). The van der Waals surface area contributed by atoms with E-state index in [2.05, 4.69) is 0 Å². The minimum Gasteiger partial charge on any atom is -0.444 e. The van der Waals surface area contributed by atoms with Gasteiger partial charge >= 0.3 is 6.09 Å². The van der Waals surface area contributed by atoms with Crippen LogP contribution in [-0.2, 0) is 9.53 Å². The first-order chi connectivity index (χ1) is 9.65. The van der Waals surface area contributed by atoms with Crippen LogP contribution in [0.1, 0.15) is 47.5 Å². The van der Waals surface area contributed by atoms with Crippen LogP contribution in [0.3, 0.4) is 0 Å². The Morgan fingerprint density at radius 2 is 1.81 bits per heavy atom. The molecule has 1 fully saturated rings. The summed E-state index contributed by atoms with van der Waals surface area (Å²) in [5.74, 6) is -0.0261. The van der Waals surface area contributed by atoms with Crippen LogP contribution in [0.4, 0.5) is 4.79 Å². The molecule has 122 valence electrons. The Kier molecular flexibility index (Phi) is 6.01. The molecule has 2 N–H and O–H groups in total. The number of nitrogens with zero attached hydrogens (tertiary/aromatic N) is 2. The van der Waals surface area contributed by atoms with Crippen LogP contribution in [0.5, 0.6) is 0 Å². The summed E-state index contributed by atoms with van der Waals surface area (Å²) >= 11 is 0. The van der Waals surface area contributed by atoms with Crippen molar-refractivity contribution in [2.45, 2.75) is 65.1 Å². The predicted octanol–water partition coefficient (Wildman–Crippen LogP) is 1.58. The zero-order valence-electron chi connectivity index (χ0n) is 13.9. The molecule has 1 saturated heterocycles. The SMILES string of the molecule is CC(C)N(C(=O)OC(C)(C)C)C1CCN(C(=O)CN)CC1. The highest BCUT2D eigenvalue weighted by Crippen LogP contribution is 2.22. The summed E-state index contributed by atoms with van der Waals surface area (Å²) in [5, 5.41) is 0. The molecule has 6 heteroatoms. The number of carbonyl (C=O) groups excluding carboxylic acids is 2. The molecular formula is C15H29N3O3. The molecule has 0 spiro atoms. The number of rotatable bonds is 3. The highest BCUT2D eigenvalue weighted by atomic mass is 16.6. The third kappa shape index (κ3) is 5.19. The van der Waals surface area contributed by atoms with Crippen LogP contribution < -0.4 is 5.73 Å². The fourth-order valence-electron chi connectivity index (χ4n) is 2.62. The van der Waals surface area contributed by atoms with Gasteiger partial charge in [-0.25, -0.2) is 4.79 Å². The summed E-state index contributed by atoms with van der Waals surface area (Å²) in [4.78, 5) is 27.5. The van der Waals surface area contributed by atoms with Gasteiger partial charge in [-0.05, 0) is 47.5 Å². The Labute approximate surface area is 127 Å². The molecule has 1 aliphatic heterocycles. The van der Waals surface area contributed by atoms with Crippen LogP contribution in [0.15, 0.2) is 0 Å². The quantitative estimate of drug-likeness (QED) is 0.858. The van der Waals surface area contributed by atoms with Crippen molar-refractivity contribution in [1.29, 1.82) is 0 Å². The molecule has 2 amide bonds. The first kappa shape index (κ1) is 17.8. The lowest BCUT2D eigenvalue weighted by Crippen LogP contribution is -2.53. The van der Waals surface area contributed by atoms with Crippen molar-refractivity contribution < 1.29 is 14.3 Å². The maximum atomic E-state index is 12.4. The van der Waals surface area contributed by atoms with Gasteiger partial charge in [0.25, 0.3) is 0 Å². The molecule has 0 aromatic rings. The minimum atomic E-state index is -0.500. The number of likely N-dealkylation sites (tertiary alicyclic amines) is 1. The topological polar surface area (TPSA) is 75.9 Å². The lowest BCUT2D eigenvalue weighted by molar-refractivity contribution is -0.131. The standard InChI is InChI=1S/C15H29N3O3/c1-11(2)18(14(20)21-15(3,4)5)12-6-8-17(9-7-12)13(19)10-16/h11-12H,6-10,16H2,1-5H3. The van der Waals surface area contributed by atoms with Crippen molar-refractivity contribution in [1.82, 2.24) is 9.80 Å². The molecule has 0 aliphatic carbocycles. The van der Waals surface area contributed by atoms with E-state index in [9.17, 15) is 9.59 Å². The largest absolute Gasteiger partial charge is 0.444 e. The van der Waals surface area contributed by atoms with Gasteiger partial charge in [0.2, 0.25) is 5.91 Å². The monoisotopic (exact) mass is 299 g/mol. The van der Waals surface area contributed by atoms with Gasteiger partial charge in [0, 0.05) is 25.2 Å². The molecule has 0 unspecified atom stereocenters. The van der Waals surface area contributed by atoms with Crippen LogP contribution in [0.2, 0.25) is 0 Å². The number of hydrogen-bond donors (Lipinski definition) is 1. The highest BCUT2D eigenvalue weighted by molar-refractivity contribution is 5.78. The lowest BCUT2D eigenvalue weighted by Gasteiger charge is -2.40. The molecule has 21 heavy (non-hydrogen) atoms. The van der Waals surface area contributed by atoms with Crippen LogP contribution >= 0.6 is 0 Å². The van der Waals surface area contributed by atoms with Crippen molar-refractivity contribution >= 4 is 12.0 Å². The lowest BCUT2D eigenvalue weighted by atomic mass is 10.0. The van der Waals surface area contributed by atoms with Crippen LogP contribution in [0, 0.1) is 0 Å². The maximum absolute atomic E-state index is 12.4. The Hall–Kier alpha value is -1.30. The Balaban J connectivity index is 2.67. The van der Waals surface area contributed by atoms with E-state index >= 15 is 0 Å². The van der Waals surface area contributed by atoms with E-state index in [1.165, 1.54) is 0 Å². The summed E-state index contributed by atoms with van der Waals surface area (Å²) in [6.07, 6.45) is 1.26. The second-order valence-corrected chi connectivity index (χ2v) is 6.80. The van der Waals surface area contributed by atoms with Gasteiger partial charge in [0.05, 0.1) is 6.54 Å². The van der Waals surface area contributed by atoms with E-state index in [0.717, 1.165) is 12.8 Å². The van der Waals surface area contributed by atoms with Crippen LogP contribution in [-0.4, -0.2) is 59.1 Å². The second-order valence-electron chi connectivity index (χ2n) is 6.80. The number of amides is 2. The number of hydrogen-bond acceptors (Lipinski definition) is 4. The number of nitrogens with two attached hydrogens (primary N) is 1. The summed E-state index contributed by atoms with van der Waals surface area (Å²) < 4.78 is 5.50. The third-order valence-electron chi connectivity index (χ3n) is 3.55. The Morgan fingerprint density at radius 3 is 2.19 bits per heavy atom. The molecule has 0 bridgehead atoms. The first-order valence-electron chi connectivity index (χ1n) is 7.65. The van der Waals surface area contributed by atoms with Gasteiger partial charge < -0.3 is 20.3 Å².